The first-order valence-electron chi connectivity index (χ1n) is 7.39. The second-order valence-electron chi connectivity index (χ2n) is 5.97. The number of aliphatic hydroxyl groups is 1. The number of benzene rings is 1. The molecule has 1 aromatic heterocycles. The predicted molar refractivity (Wildman–Crippen MR) is 85.1 cm³/mol. The Balaban J connectivity index is 2.13. The Kier molecular flexibility index (Phi) is 3.63. The molecule has 2 aromatic rings. The summed E-state index contributed by atoms with van der Waals surface area (Å²) in [6.45, 7) is 3.30. The van der Waals surface area contributed by atoms with Crippen LogP contribution >= 0.6 is 0 Å². The zero-order chi connectivity index (χ0) is 15.7. The van der Waals surface area contributed by atoms with Crippen molar-refractivity contribution in [1.82, 2.24) is 4.98 Å². The third-order valence-corrected chi connectivity index (χ3v) is 4.33. The van der Waals surface area contributed by atoms with Crippen LogP contribution in [0.25, 0.3) is 10.9 Å². The molecule has 1 saturated heterocycles. The number of nitriles is 1. The van der Waals surface area contributed by atoms with Gasteiger partial charge in [0.25, 0.3) is 0 Å². The highest BCUT2D eigenvalue weighted by Gasteiger charge is 2.29. The topological polar surface area (TPSA) is 69.4 Å². The fourth-order valence-electron chi connectivity index (χ4n) is 2.98. The Morgan fingerprint density at radius 2 is 2.09 bits per heavy atom. The molecule has 1 N–H and O–H groups in total. The number of rotatable bonds is 2. The Morgan fingerprint density at radius 1 is 1.36 bits per heavy atom. The Morgan fingerprint density at radius 3 is 2.73 bits per heavy atom. The number of hydrogen-bond donors (Lipinski definition) is 1. The molecular weight excluding hydrogens is 278 g/mol. The molecule has 1 aliphatic rings. The van der Waals surface area contributed by atoms with Crippen molar-refractivity contribution >= 4 is 16.6 Å². The Hall–Kier alpha value is -2.32. The molecule has 0 spiro atoms. The van der Waals surface area contributed by atoms with E-state index in [1.807, 2.05) is 25.1 Å². The minimum Gasteiger partial charge on any atom is -0.494 e. The largest absolute Gasteiger partial charge is 0.494 e. The van der Waals surface area contributed by atoms with E-state index in [9.17, 15) is 10.4 Å². The van der Waals surface area contributed by atoms with Crippen LogP contribution in [0.3, 0.4) is 0 Å². The van der Waals surface area contributed by atoms with Gasteiger partial charge < -0.3 is 14.7 Å². The van der Waals surface area contributed by atoms with Crippen LogP contribution in [-0.4, -0.2) is 35.9 Å². The van der Waals surface area contributed by atoms with E-state index in [1.54, 1.807) is 13.3 Å². The lowest BCUT2D eigenvalue weighted by atomic mass is 9.93. The number of hydrogen-bond acceptors (Lipinski definition) is 5. The van der Waals surface area contributed by atoms with Crippen LogP contribution in [0.4, 0.5) is 5.69 Å². The summed E-state index contributed by atoms with van der Waals surface area (Å²) < 4.78 is 5.37. The van der Waals surface area contributed by atoms with Crippen molar-refractivity contribution in [3.05, 3.63) is 30.0 Å². The predicted octanol–water partition coefficient (Wildman–Crippen LogP) is 2.47. The van der Waals surface area contributed by atoms with Gasteiger partial charge in [-0.3, -0.25) is 4.98 Å². The van der Waals surface area contributed by atoms with Crippen molar-refractivity contribution in [3.8, 4) is 11.8 Å². The normalized spacial score (nSPS) is 17.3. The molecule has 1 fully saturated rings. The second-order valence-corrected chi connectivity index (χ2v) is 5.97. The van der Waals surface area contributed by atoms with Gasteiger partial charge in [0.05, 0.1) is 24.0 Å². The maximum absolute atomic E-state index is 10.1. The van der Waals surface area contributed by atoms with Crippen molar-refractivity contribution in [2.45, 2.75) is 25.4 Å². The molecule has 0 saturated carbocycles. The van der Waals surface area contributed by atoms with Crippen molar-refractivity contribution < 1.29 is 9.84 Å². The summed E-state index contributed by atoms with van der Waals surface area (Å²) in [5, 5.41) is 20.5. The maximum Gasteiger partial charge on any atom is 0.145 e. The molecule has 0 radical (unpaired) electrons. The zero-order valence-electron chi connectivity index (χ0n) is 12.8. The van der Waals surface area contributed by atoms with E-state index in [0.29, 0.717) is 24.2 Å². The standard InChI is InChI=1S/C17H19N3O2/c1-17(21)6-8-20(9-7-17)16-12(10-18)11-19-15-13(16)4-3-5-14(15)22-2/h3-5,11,21H,6-9H2,1-2H3. The summed E-state index contributed by atoms with van der Waals surface area (Å²) in [5.41, 5.74) is 1.59. The molecule has 3 rings (SSSR count). The van der Waals surface area contributed by atoms with Crippen LogP contribution in [-0.2, 0) is 0 Å². The van der Waals surface area contributed by atoms with E-state index in [-0.39, 0.29) is 0 Å². The van der Waals surface area contributed by atoms with Crippen molar-refractivity contribution in [2.24, 2.45) is 0 Å². The third-order valence-electron chi connectivity index (χ3n) is 4.33. The van der Waals surface area contributed by atoms with E-state index in [0.717, 1.165) is 29.7 Å². The molecule has 1 aromatic carbocycles. The van der Waals surface area contributed by atoms with Gasteiger partial charge in [-0.15, -0.1) is 0 Å². The van der Waals surface area contributed by atoms with Gasteiger partial charge in [-0.2, -0.15) is 5.26 Å². The fourth-order valence-corrected chi connectivity index (χ4v) is 2.98. The van der Waals surface area contributed by atoms with Gasteiger partial charge in [0.1, 0.15) is 17.3 Å². The van der Waals surface area contributed by atoms with Crippen molar-refractivity contribution in [3.63, 3.8) is 0 Å². The van der Waals surface area contributed by atoms with Crippen LogP contribution in [0, 0.1) is 11.3 Å². The molecule has 0 unspecified atom stereocenters. The number of anilines is 1. The number of pyridine rings is 1. The van der Waals surface area contributed by atoms with E-state index in [4.69, 9.17) is 4.74 Å². The summed E-state index contributed by atoms with van der Waals surface area (Å²) in [5.74, 6) is 0.701. The number of aromatic nitrogens is 1. The second kappa shape index (κ2) is 5.47. The average Bonchev–Trinajstić information content (AvgIpc) is 2.53. The Labute approximate surface area is 129 Å². The molecule has 0 amide bonds. The lowest BCUT2D eigenvalue weighted by Crippen LogP contribution is -2.42. The van der Waals surface area contributed by atoms with Gasteiger partial charge >= 0.3 is 0 Å². The maximum atomic E-state index is 10.1. The number of fused-ring (bicyclic) bond motifs is 1. The van der Waals surface area contributed by atoms with Crippen molar-refractivity contribution in [1.29, 1.82) is 5.26 Å². The van der Waals surface area contributed by atoms with Crippen LogP contribution in [0.15, 0.2) is 24.4 Å². The highest BCUT2D eigenvalue weighted by Crippen LogP contribution is 2.36. The minimum absolute atomic E-state index is 0.558. The smallest absolute Gasteiger partial charge is 0.145 e. The lowest BCUT2D eigenvalue weighted by Gasteiger charge is -2.37. The highest BCUT2D eigenvalue weighted by molar-refractivity contribution is 5.97. The first-order valence-corrected chi connectivity index (χ1v) is 7.39. The van der Waals surface area contributed by atoms with Gasteiger partial charge in [0.15, 0.2) is 0 Å². The van der Waals surface area contributed by atoms with Crippen LogP contribution in [0.2, 0.25) is 0 Å². The van der Waals surface area contributed by atoms with Crippen LogP contribution in [0.1, 0.15) is 25.3 Å². The van der Waals surface area contributed by atoms with Gasteiger partial charge in [0.2, 0.25) is 0 Å². The highest BCUT2D eigenvalue weighted by atomic mass is 16.5. The monoisotopic (exact) mass is 297 g/mol. The van der Waals surface area contributed by atoms with E-state index in [2.05, 4.69) is 16.0 Å². The fraction of sp³-hybridized carbons (Fsp3) is 0.412. The molecular formula is C17H19N3O2. The van der Waals surface area contributed by atoms with Gasteiger partial charge in [-0.05, 0) is 25.8 Å². The first-order chi connectivity index (χ1) is 10.6. The number of nitrogens with zero attached hydrogens (tertiary/aromatic N) is 3. The van der Waals surface area contributed by atoms with E-state index < -0.39 is 5.60 Å². The van der Waals surface area contributed by atoms with E-state index >= 15 is 0 Å². The van der Waals surface area contributed by atoms with Gasteiger partial charge in [0, 0.05) is 24.7 Å². The Bertz CT molecular complexity index is 739. The van der Waals surface area contributed by atoms with Crippen molar-refractivity contribution in [2.75, 3.05) is 25.1 Å². The quantitative estimate of drug-likeness (QED) is 0.922. The molecule has 114 valence electrons. The molecule has 5 nitrogen and oxygen atoms in total. The number of piperidine rings is 1. The number of methoxy groups -OCH3 is 1. The first kappa shape index (κ1) is 14.6. The molecule has 2 heterocycles. The lowest BCUT2D eigenvalue weighted by molar-refractivity contribution is 0.0352. The number of para-hydroxylation sites is 1. The molecule has 0 aliphatic carbocycles. The average molecular weight is 297 g/mol. The summed E-state index contributed by atoms with van der Waals surface area (Å²) in [7, 11) is 1.62. The third kappa shape index (κ3) is 2.46. The molecule has 1 aliphatic heterocycles. The number of ether oxygens (including phenoxy) is 1. The van der Waals surface area contributed by atoms with Gasteiger partial charge in [-0.1, -0.05) is 12.1 Å². The molecule has 0 atom stereocenters. The summed E-state index contributed by atoms with van der Waals surface area (Å²) in [6.07, 6.45) is 2.98. The summed E-state index contributed by atoms with van der Waals surface area (Å²) in [4.78, 5) is 6.55. The minimum atomic E-state index is -0.621. The zero-order valence-corrected chi connectivity index (χ0v) is 12.8. The molecule has 5 heteroatoms. The van der Waals surface area contributed by atoms with Crippen LogP contribution in [0.5, 0.6) is 5.75 Å². The molecule has 0 bridgehead atoms. The SMILES string of the molecule is COc1cccc2c(N3CCC(C)(O)CC3)c(C#N)cnc12. The molecule has 22 heavy (non-hydrogen) atoms. The summed E-state index contributed by atoms with van der Waals surface area (Å²) >= 11 is 0. The van der Waals surface area contributed by atoms with Gasteiger partial charge in [-0.25, -0.2) is 0 Å². The van der Waals surface area contributed by atoms with Crippen LogP contribution < -0.4 is 9.64 Å². The summed E-state index contributed by atoms with van der Waals surface area (Å²) in [6, 6.07) is 7.98. The van der Waals surface area contributed by atoms with E-state index in [1.165, 1.54) is 0 Å².